The van der Waals surface area contributed by atoms with Gasteiger partial charge in [-0.2, -0.15) is 0 Å². The van der Waals surface area contributed by atoms with Gasteiger partial charge in [0.05, 0.1) is 5.52 Å². The number of para-hydroxylation sites is 1. The lowest BCUT2D eigenvalue weighted by atomic mass is 9.89. The van der Waals surface area contributed by atoms with Crippen molar-refractivity contribution in [3.05, 3.63) is 186 Å². The average molecular weight is 752 g/mol. The van der Waals surface area contributed by atoms with E-state index in [9.17, 15) is 0 Å². The zero-order valence-electron chi connectivity index (χ0n) is 33.9. The highest BCUT2D eigenvalue weighted by molar-refractivity contribution is 6.13. The van der Waals surface area contributed by atoms with E-state index in [0.29, 0.717) is 0 Å². The number of nitrogens with zero attached hydrogens (tertiary/aromatic N) is 3. The lowest BCUT2D eigenvalue weighted by Crippen LogP contribution is -1.94. The van der Waals surface area contributed by atoms with Gasteiger partial charge in [0, 0.05) is 32.7 Å². The number of rotatable bonds is 5. The number of fused-ring (bicyclic) bond motifs is 9. The van der Waals surface area contributed by atoms with Crippen molar-refractivity contribution < 1.29 is 4.42 Å². The van der Waals surface area contributed by atoms with E-state index in [1.807, 2.05) is 0 Å². The molecule has 10 rings (SSSR count). The molecule has 0 saturated heterocycles. The molecule has 58 heavy (non-hydrogen) atoms. The standard InChI is InChI=1S/C50H39N3O.C4H6/c1-28-21-30(3)46(31(4)22-28)36-19-20-45-42(25-36)43-27-37(47-32(5)23-29(2)24-33(47)6)26-41(48(43)54-45)34-15-17-35(18-16-34)49-51-52-50-40-13-8-7-11-38(40)39-12-9-10-14-44(39)53(49)50;1-3-4-2/h7-27H,1-6H3;3-4H,1-2H2. The Morgan fingerprint density at radius 2 is 1.02 bits per heavy atom. The van der Waals surface area contributed by atoms with Crippen molar-refractivity contribution in [2.45, 2.75) is 41.5 Å². The maximum Gasteiger partial charge on any atom is 0.169 e. The predicted molar refractivity (Wildman–Crippen MR) is 246 cm³/mol. The van der Waals surface area contributed by atoms with Crippen LogP contribution >= 0.6 is 0 Å². The molecule has 10 aromatic rings. The number of benzene rings is 7. The molecule has 0 amide bonds. The Kier molecular flexibility index (Phi) is 9.13. The maximum atomic E-state index is 6.80. The van der Waals surface area contributed by atoms with Gasteiger partial charge in [-0.1, -0.05) is 133 Å². The minimum atomic E-state index is 0.821. The zero-order chi connectivity index (χ0) is 40.2. The van der Waals surface area contributed by atoms with E-state index >= 15 is 0 Å². The average Bonchev–Trinajstić information content (AvgIpc) is 3.83. The number of allylic oxidation sites excluding steroid dienone is 2. The summed E-state index contributed by atoms with van der Waals surface area (Å²) in [6.07, 6.45) is 3.28. The minimum Gasteiger partial charge on any atom is -0.455 e. The highest BCUT2D eigenvalue weighted by Crippen LogP contribution is 2.43. The van der Waals surface area contributed by atoms with Gasteiger partial charge >= 0.3 is 0 Å². The van der Waals surface area contributed by atoms with Crippen molar-refractivity contribution >= 4 is 49.3 Å². The fourth-order valence-corrected chi connectivity index (χ4v) is 9.15. The largest absolute Gasteiger partial charge is 0.455 e. The quantitative estimate of drug-likeness (QED) is 0.130. The molecule has 0 aliphatic heterocycles. The summed E-state index contributed by atoms with van der Waals surface area (Å²) >= 11 is 0. The number of hydrogen-bond acceptors (Lipinski definition) is 3. The van der Waals surface area contributed by atoms with Crippen LogP contribution in [0.4, 0.5) is 0 Å². The molecule has 3 heterocycles. The van der Waals surface area contributed by atoms with Crippen LogP contribution in [0.15, 0.2) is 157 Å². The second-order valence-corrected chi connectivity index (χ2v) is 15.6. The van der Waals surface area contributed by atoms with Crippen LogP contribution in [0.5, 0.6) is 0 Å². The van der Waals surface area contributed by atoms with Crippen molar-refractivity contribution in [3.8, 4) is 44.8 Å². The number of hydrogen-bond donors (Lipinski definition) is 0. The monoisotopic (exact) mass is 751 g/mol. The van der Waals surface area contributed by atoms with Crippen molar-refractivity contribution in [2.75, 3.05) is 0 Å². The van der Waals surface area contributed by atoms with Crippen molar-refractivity contribution in [2.24, 2.45) is 0 Å². The second-order valence-electron chi connectivity index (χ2n) is 15.6. The molecule has 0 unspecified atom stereocenters. The second kappa shape index (κ2) is 14.5. The smallest absolute Gasteiger partial charge is 0.169 e. The molecule has 0 atom stereocenters. The van der Waals surface area contributed by atoms with Gasteiger partial charge in [0.25, 0.3) is 0 Å². The number of pyridine rings is 1. The van der Waals surface area contributed by atoms with Crippen molar-refractivity contribution in [1.29, 1.82) is 0 Å². The molecule has 282 valence electrons. The van der Waals surface area contributed by atoms with E-state index in [4.69, 9.17) is 14.6 Å². The Morgan fingerprint density at radius 1 is 0.483 bits per heavy atom. The van der Waals surface area contributed by atoms with E-state index in [1.54, 1.807) is 12.2 Å². The lowest BCUT2D eigenvalue weighted by molar-refractivity contribution is 0.670. The third-order valence-corrected chi connectivity index (χ3v) is 11.4. The summed E-state index contributed by atoms with van der Waals surface area (Å²) in [7, 11) is 0. The van der Waals surface area contributed by atoms with Crippen LogP contribution in [0.25, 0.3) is 94.0 Å². The predicted octanol–water partition coefficient (Wildman–Crippen LogP) is 14.8. The van der Waals surface area contributed by atoms with Crippen molar-refractivity contribution in [3.63, 3.8) is 0 Å². The van der Waals surface area contributed by atoms with Crippen LogP contribution in [0, 0.1) is 41.5 Å². The van der Waals surface area contributed by atoms with Crippen LogP contribution in [0.2, 0.25) is 0 Å². The van der Waals surface area contributed by atoms with E-state index in [2.05, 4.69) is 186 Å². The number of aryl methyl sites for hydroxylation is 6. The fourth-order valence-electron chi connectivity index (χ4n) is 9.15. The van der Waals surface area contributed by atoms with Crippen LogP contribution < -0.4 is 0 Å². The highest BCUT2D eigenvalue weighted by atomic mass is 16.3. The minimum absolute atomic E-state index is 0.821. The summed E-state index contributed by atoms with van der Waals surface area (Å²) in [4.78, 5) is 0. The third kappa shape index (κ3) is 6.09. The van der Waals surface area contributed by atoms with Gasteiger partial charge in [-0.3, -0.25) is 4.40 Å². The van der Waals surface area contributed by atoms with Gasteiger partial charge in [0.1, 0.15) is 11.2 Å². The molecular weight excluding hydrogens is 707 g/mol. The Balaban J connectivity index is 0.00000104. The SMILES string of the molecule is C=CC=C.Cc1cc(C)c(-c2ccc3oc4c(-c5ccc(-c6nnc7c8ccccc8c8ccccc8n67)cc5)cc(-c5c(C)cc(C)cc5C)cc4c3c2)c(C)c1. The molecule has 0 aliphatic rings. The Hall–Kier alpha value is -7.04. The summed E-state index contributed by atoms with van der Waals surface area (Å²) in [5, 5.41) is 15.2. The van der Waals surface area contributed by atoms with Crippen molar-refractivity contribution in [1.82, 2.24) is 14.6 Å². The summed E-state index contributed by atoms with van der Waals surface area (Å²) < 4.78 is 9.00. The van der Waals surface area contributed by atoms with Gasteiger partial charge in [-0.15, -0.1) is 10.2 Å². The first-order valence-electron chi connectivity index (χ1n) is 19.8. The van der Waals surface area contributed by atoms with Gasteiger partial charge in [0.2, 0.25) is 0 Å². The van der Waals surface area contributed by atoms with E-state index in [0.717, 1.165) is 61.0 Å². The van der Waals surface area contributed by atoms with Crippen LogP contribution in [-0.4, -0.2) is 14.6 Å². The van der Waals surface area contributed by atoms with E-state index in [1.165, 1.54) is 66.4 Å². The van der Waals surface area contributed by atoms with E-state index in [-0.39, 0.29) is 0 Å². The molecule has 4 nitrogen and oxygen atoms in total. The maximum absolute atomic E-state index is 6.80. The Morgan fingerprint density at radius 3 is 1.66 bits per heavy atom. The van der Waals surface area contributed by atoms with Gasteiger partial charge in [-0.05, 0) is 127 Å². The molecule has 3 aromatic heterocycles. The first-order chi connectivity index (χ1) is 28.1. The fraction of sp³-hybridized carbons (Fsp3) is 0.111. The highest BCUT2D eigenvalue weighted by Gasteiger charge is 2.20. The zero-order valence-corrected chi connectivity index (χ0v) is 33.9. The van der Waals surface area contributed by atoms with Crippen LogP contribution in [-0.2, 0) is 0 Å². The molecule has 0 spiro atoms. The first kappa shape index (κ1) is 36.6. The third-order valence-electron chi connectivity index (χ3n) is 11.4. The molecule has 0 aliphatic carbocycles. The Labute approximate surface area is 339 Å². The van der Waals surface area contributed by atoms with E-state index < -0.39 is 0 Å². The topological polar surface area (TPSA) is 43.3 Å². The summed E-state index contributed by atoms with van der Waals surface area (Å²) in [5.74, 6) is 0.821. The Bertz CT molecular complexity index is 3210. The molecule has 7 aromatic carbocycles. The van der Waals surface area contributed by atoms with Gasteiger partial charge in [0.15, 0.2) is 11.5 Å². The molecule has 4 heteroatoms. The molecule has 0 fully saturated rings. The molecule has 0 saturated carbocycles. The molecule has 0 radical (unpaired) electrons. The first-order valence-corrected chi connectivity index (χ1v) is 19.8. The normalized spacial score (nSPS) is 11.4. The summed E-state index contributed by atoms with van der Waals surface area (Å²) in [6.45, 7) is 19.9. The number of aromatic nitrogens is 3. The van der Waals surface area contributed by atoms with Crippen LogP contribution in [0.3, 0.4) is 0 Å². The number of furan rings is 1. The molecular formula is C54H45N3O. The molecule has 0 bridgehead atoms. The molecule has 0 N–H and O–H groups in total. The lowest BCUT2D eigenvalue weighted by Gasteiger charge is -2.14. The summed E-state index contributed by atoms with van der Waals surface area (Å²) in [6, 6.07) is 46.1. The van der Waals surface area contributed by atoms with Gasteiger partial charge < -0.3 is 4.42 Å². The van der Waals surface area contributed by atoms with Gasteiger partial charge in [-0.25, -0.2) is 0 Å². The van der Waals surface area contributed by atoms with Crippen LogP contribution in [0.1, 0.15) is 33.4 Å². The summed E-state index contributed by atoms with van der Waals surface area (Å²) in [5.41, 5.74) is 19.5.